The summed E-state index contributed by atoms with van der Waals surface area (Å²) in [5, 5.41) is 18.7. The van der Waals surface area contributed by atoms with Gasteiger partial charge >= 0.3 is 5.97 Å². The molecule has 5 aromatic rings. The summed E-state index contributed by atoms with van der Waals surface area (Å²) in [6, 6.07) is 31.1. The number of carbonyl (C=O) groups is 3. The number of rotatable bonds is 19. The molecule has 2 amide bonds. The van der Waals surface area contributed by atoms with Gasteiger partial charge in [-0.15, -0.1) is 0 Å². The van der Waals surface area contributed by atoms with E-state index in [9.17, 15) is 32.5 Å². The van der Waals surface area contributed by atoms with Gasteiger partial charge in [-0.2, -0.15) is 13.5 Å². The van der Waals surface area contributed by atoms with Gasteiger partial charge in [0.2, 0.25) is 11.8 Å². The van der Waals surface area contributed by atoms with E-state index in [0.717, 1.165) is 41.6 Å². The predicted molar refractivity (Wildman–Crippen MR) is 216 cm³/mol. The molecule has 15 heteroatoms. The van der Waals surface area contributed by atoms with Crippen LogP contribution in [0.15, 0.2) is 125 Å². The van der Waals surface area contributed by atoms with E-state index >= 15 is 0 Å². The number of carboxylic acids is 1. The first kappa shape index (κ1) is 41.7. The molecule has 5 rings (SSSR count). The number of amides is 2. The normalized spacial score (nSPS) is 12.1. The van der Waals surface area contributed by atoms with Crippen LogP contribution >= 0.6 is 0 Å². The van der Waals surface area contributed by atoms with Crippen LogP contribution in [0.5, 0.6) is 5.88 Å². The molecule has 2 aromatic heterocycles. The summed E-state index contributed by atoms with van der Waals surface area (Å²) in [6.07, 6.45) is 4.03. The summed E-state index contributed by atoms with van der Waals surface area (Å²) >= 11 is 0. The highest BCUT2D eigenvalue weighted by atomic mass is 32.2. The van der Waals surface area contributed by atoms with Crippen molar-refractivity contribution < 1.29 is 37.2 Å². The molecule has 57 heavy (non-hydrogen) atoms. The Morgan fingerprint density at radius 1 is 0.877 bits per heavy atom. The number of anilines is 1. The number of unbranched alkanes of at least 4 members (excludes halogenated alkanes) is 1. The van der Waals surface area contributed by atoms with Crippen molar-refractivity contribution in [3.8, 4) is 28.3 Å². The minimum Gasteiger partial charge on any atom is -0.481 e. The average molecular weight is 793 g/mol. The highest BCUT2D eigenvalue weighted by Gasteiger charge is 2.27. The number of nitrogens with one attached hydrogen (secondary N) is 3. The maximum absolute atomic E-state index is 13.1. The van der Waals surface area contributed by atoms with Crippen LogP contribution in [0.1, 0.15) is 55.5 Å². The molecule has 0 aliphatic heterocycles. The van der Waals surface area contributed by atoms with E-state index in [1.54, 1.807) is 6.07 Å². The lowest BCUT2D eigenvalue weighted by atomic mass is 9.87. The van der Waals surface area contributed by atoms with Crippen molar-refractivity contribution in [3.63, 3.8) is 0 Å². The minimum absolute atomic E-state index is 0.0604. The Kier molecular flexibility index (Phi) is 14.2. The van der Waals surface area contributed by atoms with E-state index in [2.05, 4.69) is 32.2 Å². The van der Waals surface area contributed by atoms with Gasteiger partial charge in [-0.1, -0.05) is 92.7 Å². The highest BCUT2D eigenvalue weighted by molar-refractivity contribution is 7.86. The Morgan fingerprint density at radius 3 is 2.23 bits per heavy atom. The number of aromatic nitrogens is 2. The van der Waals surface area contributed by atoms with Crippen LogP contribution in [-0.2, 0) is 19.7 Å². The van der Waals surface area contributed by atoms with Crippen LogP contribution in [-0.4, -0.2) is 71.2 Å². The molecular formula is C42H44N6O8S. The number of aliphatic carboxylic acids is 1. The standard InChI is InChI=1S/C42H44N6O8S/c1-42(2,21-11-12-22-56-38-24-33(29-13-5-3-6-14-29)23-34(46-38)30-15-7-4-8-16-30)28-44-41(52)35(25-39(49)50)47-40(51)32-19-20-37(43-26-32)48-45-27-31-17-9-10-18-36(31)57(53,54)55/h3-10,13-20,23-24,26-27,35H,11-12,21-22,25,28H2,1-2H3,(H,43,48)(H,44,52)(H,47,51)(H,49,50)(H,53,54,55). The van der Waals surface area contributed by atoms with E-state index in [1.165, 1.54) is 42.7 Å². The van der Waals surface area contributed by atoms with Crippen LogP contribution in [0.4, 0.5) is 5.82 Å². The first-order valence-electron chi connectivity index (χ1n) is 18.2. The quantitative estimate of drug-likeness (QED) is 0.0265. The monoisotopic (exact) mass is 792 g/mol. The third-order valence-electron chi connectivity index (χ3n) is 8.82. The van der Waals surface area contributed by atoms with Gasteiger partial charge in [-0.25, -0.2) is 9.97 Å². The second kappa shape index (κ2) is 19.4. The molecule has 0 fully saturated rings. The van der Waals surface area contributed by atoms with Crippen LogP contribution < -0.4 is 20.8 Å². The van der Waals surface area contributed by atoms with Crippen molar-refractivity contribution in [2.24, 2.45) is 10.5 Å². The SMILES string of the molecule is CC(C)(CCCCOc1cc(-c2ccccc2)cc(-c2ccccc2)n1)CNC(=O)C(CC(=O)O)NC(=O)c1ccc(NN=Cc2ccccc2S(=O)(=O)O)nc1. The van der Waals surface area contributed by atoms with Gasteiger partial charge in [-0.3, -0.25) is 24.4 Å². The molecule has 3 aromatic carbocycles. The summed E-state index contributed by atoms with van der Waals surface area (Å²) < 4.78 is 38.7. The number of nitrogens with zero attached hydrogens (tertiary/aromatic N) is 3. The van der Waals surface area contributed by atoms with Gasteiger partial charge in [0.05, 0.1) is 30.5 Å². The minimum atomic E-state index is -4.46. The molecule has 1 atom stereocenters. The molecule has 0 spiro atoms. The van der Waals surface area contributed by atoms with Crippen LogP contribution in [0.2, 0.25) is 0 Å². The summed E-state index contributed by atoms with van der Waals surface area (Å²) in [5.74, 6) is -1.87. The second-order valence-electron chi connectivity index (χ2n) is 13.9. The van der Waals surface area contributed by atoms with Gasteiger partial charge in [0.15, 0.2) is 0 Å². The Morgan fingerprint density at radius 2 is 1.56 bits per heavy atom. The third kappa shape index (κ3) is 12.8. The third-order valence-corrected chi connectivity index (χ3v) is 9.75. The average Bonchev–Trinajstić information content (AvgIpc) is 3.20. The molecule has 0 aliphatic carbocycles. The fourth-order valence-electron chi connectivity index (χ4n) is 5.76. The summed E-state index contributed by atoms with van der Waals surface area (Å²) in [4.78, 5) is 46.3. The lowest BCUT2D eigenvalue weighted by Gasteiger charge is -2.26. The van der Waals surface area contributed by atoms with Crippen LogP contribution in [0.3, 0.4) is 0 Å². The number of hydrazone groups is 1. The Bertz CT molecular complexity index is 2230. The van der Waals surface area contributed by atoms with Gasteiger partial charge in [0.25, 0.3) is 16.0 Å². The molecule has 0 radical (unpaired) electrons. The molecule has 0 aliphatic rings. The second-order valence-corrected chi connectivity index (χ2v) is 15.3. The Hall–Kier alpha value is -6.45. The van der Waals surface area contributed by atoms with Crippen LogP contribution in [0, 0.1) is 5.41 Å². The predicted octanol–water partition coefficient (Wildman–Crippen LogP) is 6.47. The number of benzene rings is 3. The molecule has 5 N–H and O–H groups in total. The number of ether oxygens (including phenoxy) is 1. The summed E-state index contributed by atoms with van der Waals surface area (Å²) in [6.45, 7) is 4.68. The van der Waals surface area contributed by atoms with Crippen LogP contribution in [0.25, 0.3) is 22.4 Å². The zero-order valence-electron chi connectivity index (χ0n) is 31.5. The van der Waals surface area contributed by atoms with Crippen molar-refractivity contribution in [2.75, 3.05) is 18.6 Å². The molecule has 1 unspecified atom stereocenters. The topological polar surface area (TPSA) is 209 Å². The van der Waals surface area contributed by atoms with E-state index in [-0.39, 0.29) is 33.8 Å². The summed E-state index contributed by atoms with van der Waals surface area (Å²) in [7, 11) is -4.46. The van der Waals surface area contributed by atoms with E-state index in [1.807, 2.05) is 80.6 Å². The highest BCUT2D eigenvalue weighted by Crippen LogP contribution is 2.29. The number of carboxylic acid groups (broad SMARTS) is 1. The van der Waals surface area contributed by atoms with Crippen molar-refractivity contribution in [1.29, 1.82) is 0 Å². The smallest absolute Gasteiger partial charge is 0.305 e. The molecule has 14 nitrogen and oxygen atoms in total. The Labute approximate surface area is 331 Å². The molecule has 2 heterocycles. The maximum Gasteiger partial charge on any atom is 0.305 e. The first-order valence-corrected chi connectivity index (χ1v) is 19.6. The van der Waals surface area contributed by atoms with Gasteiger partial charge in [0, 0.05) is 29.9 Å². The number of pyridine rings is 2. The number of carbonyl (C=O) groups excluding carboxylic acids is 2. The largest absolute Gasteiger partial charge is 0.481 e. The van der Waals surface area contributed by atoms with Crippen molar-refractivity contribution >= 4 is 39.9 Å². The van der Waals surface area contributed by atoms with E-state index in [0.29, 0.717) is 12.5 Å². The lowest BCUT2D eigenvalue weighted by Crippen LogP contribution is -2.49. The van der Waals surface area contributed by atoms with Crippen molar-refractivity contribution in [1.82, 2.24) is 20.6 Å². The fraction of sp³-hybridized carbons (Fsp3) is 0.238. The number of hydrogen-bond acceptors (Lipinski definition) is 10. The lowest BCUT2D eigenvalue weighted by molar-refractivity contribution is -0.139. The maximum atomic E-state index is 13.1. The zero-order valence-corrected chi connectivity index (χ0v) is 32.3. The molecule has 0 saturated carbocycles. The van der Waals surface area contributed by atoms with Gasteiger partial charge in [0.1, 0.15) is 16.8 Å². The zero-order chi connectivity index (χ0) is 40.8. The number of hydrogen-bond donors (Lipinski definition) is 5. The molecular weight excluding hydrogens is 749 g/mol. The van der Waals surface area contributed by atoms with Gasteiger partial charge in [-0.05, 0) is 60.1 Å². The van der Waals surface area contributed by atoms with E-state index in [4.69, 9.17) is 9.72 Å². The van der Waals surface area contributed by atoms with Crippen molar-refractivity contribution in [2.45, 2.75) is 50.5 Å². The summed E-state index contributed by atoms with van der Waals surface area (Å²) in [5.41, 5.74) is 6.32. The van der Waals surface area contributed by atoms with Gasteiger partial charge < -0.3 is 20.5 Å². The molecule has 0 saturated heterocycles. The van der Waals surface area contributed by atoms with Crippen molar-refractivity contribution in [3.05, 3.63) is 127 Å². The Balaban J connectivity index is 1.10. The first-order chi connectivity index (χ1) is 27.3. The van der Waals surface area contributed by atoms with E-state index < -0.39 is 40.4 Å². The molecule has 296 valence electrons. The fourth-order valence-corrected chi connectivity index (χ4v) is 6.43. The molecule has 0 bridgehead atoms.